The Kier molecular flexibility index (Phi) is 5.70. The number of aryl methyl sites for hydroxylation is 2. The molecule has 0 saturated carbocycles. The van der Waals surface area contributed by atoms with E-state index in [1.807, 2.05) is 32.0 Å². The van der Waals surface area contributed by atoms with Crippen LogP contribution < -0.4 is 0 Å². The van der Waals surface area contributed by atoms with E-state index in [1.165, 1.54) is 4.90 Å². The Morgan fingerprint density at radius 2 is 1.89 bits per heavy atom. The number of nitrogens with zero attached hydrogens (tertiary/aromatic N) is 1. The van der Waals surface area contributed by atoms with Crippen molar-refractivity contribution < 1.29 is 14.7 Å². The lowest BCUT2D eigenvalue weighted by molar-refractivity contribution is -0.130. The predicted molar refractivity (Wildman–Crippen MR) is 74.2 cm³/mol. The summed E-state index contributed by atoms with van der Waals surface area (Å²) in [6.45, 7) is 4.08. The Bertz CT molecular complexity index is 468. The second-order valence-corrected chi connectivity index (χ2v) is 4.78. The summed E-state index contributed by atoms with van der Waals surface area (Å²) in [5.74, 6) is -0.125. The van der Waals surface area contributed by atoms with E-state index in [1.54, 1.807) is 7.05 Å². The fourth-order valence-corrected chi connectivity index (χ4v) is 1.86. The third-order valence-electron chi connectivity index (χ3n) is 3.12. The standard InChI is InChI=1S/C15H21NO3/c1-11-4-5-12(2)13(10-11)14(18)6-7-15(19)16(3)8-9-17/h4-5,10,17H,6-9H2,1-3H3. The smallest absolute Gasteiger partial charge is 0.222 e. The van der Waals surface area contributed by atoms with Crippen molar-refractivity contribution in [1.82, 2.24) is 4.90 Å². The van der Waals surface area contributed by atoms with Crippen molar-refractivity contribution in [2.75, 3.05) is 20.2 Å². The number of ketones is 1. The zero-order valence-electron chi connectivity index (χ0n) is 11.8. The van der Waals surface area contributed by atoms with Crippen LogP contribution in [0.1, 0.15) is 34.3 Å². The second kappa shape index (κ2) is 7.04. The molecule has 0 fully saturated rings. The molecule has 0 atom stereocenters. The Morgan fingerprint density at radius 3 is 2.53 bits per heavy atom. The Hall–Kier alpha value is -1.68. The maximum Gasteiger partial charge on any atom is 0.222 e. The summed E-state index contributed by atoms with van der Waals surface area (Å²) in [6.07, 6.45) is 0.390. The molecule has 0 unspecified atom stereocenters. The first-order valence-electron chi connectivity index (χ1n) is 6.41. The lowest BCUT2D eigenvalue weighted by Crippen LogP contribution is -2.29. The van der Waals surface area contributed by atoms with Crippen LogP contribution in [0.3, 0.4) is 0 Å². The number of benzene rings is 1. The van der Waals surface area contributed by atoms with Crippen molar-refractivity contribution in [3.8, 4) is 0 Å². The number of hydrogen-bond acceptors (Lipinski definition) is 3. The fourth-order valence-electron chi connectivity index (χ4n) is 1.86. The van der Waals surface area contributed by atoms with E-state index >= 15 is 0 Å². The Labute approximate surface area is 114 Å². The molecule has 1 amide bonds. The highest BCUT2D eigenvalue weighted by molar-refractivity contribution is 5.99. The number of carbonyl (C=O) groups is 2. The average molecular weight is 263 g/mol. The largest absolute Gasteiger partial charge is 0.395 e. The third kappa shape index (κ3) is 4.48. The minimum atomic E-state index is -0.118. The van der Waals surface area contributed by atoms with E-state index in [-0.39, 0.29) is 31.1 Å². The number of aliphatic hydroxyl groups is 1. The van der Waals surface area contributed by atoms with Gasteiger partial charge in [-0.3, -0.25) is 9.59 Å². The molecule has 0 heterocycles. The molecule has 0 saturated heterocycles. The van der Waals surface area contributed by atoms with Crippen molar-refractivity contribution in [2.45, 2.75) is 26.7 Å². The predicted octanol–water partition coefficient (Wildman–Crippen LogP) is 1.72. The molecule has 0 aliphatic carbocycles. The van der Waals surface area contributed by atoms with Crippen LogP contribution in [-0.4, -0.2) is 41.9 Å². The maximum atomic E-state index is 12.1. The van der Waals surface area contributed by atoms with Crippen LogP contribution in [0, 0.1) is 13.8 Å². The summed E-state index contributed by atoms with van der Waals surface area (Å²) in [5, 5.41) is 8.75. The Morgan fingerprint density at radius 1 is 1.21 bits per heavy atom. The highest BCUT2D eigenvalue weighted by atomic mass is 16.3. The quantitative estimate of drug-likeness (QED) is 0.795. The third-order valence-corrected chi connectivity index (χ3v) is 3.12. The van der Waals surface area contributed by atoms with Crippen LogP contribution in [0.2, 0.25) is 0 Å². The number of Topliss-reactive ketones (excluding diaryl/α,β-unsaturated/α-hetero) is 1. The summed E-state index contributed by atoms with van der Waals surface area (Å²) in [5.41, 5.74) is 2.67. The van der Waals surface area contributed by atoms with Gasteiger partial charge in [-0.15, -0.1) is 0 Å². The molecule has 4 heteroatoms. The van der Waals surface area contributed by atoms with Gasteiger partial charge in [-0.1, -0.05) is 17.7 Å². The summed E-state index contributed by atoms with van der Waals surface area (Å²) in [6, 6.07) is 5.74. The number of likely N-dealkylation sites (N-methyl/N-ethyl adjacent to an activating group) is 1. The van der Waals surface area contributed by atoms with Gasteiger partial charge in [0.1, 0.15) is 0 Å². The number of carbonyl (C=O) groups excluding carboxylic acids is 2. The summed E-state index contributed by atoms with van der Waals surface area (Å²) < 4.78 is 0. The van der Waals surface area contributed by atoms with Gasteiger partial charge in [0.05, 0.1) is 6.61 Å². The number of aliphatic hydroxyl groups excluding tert-OH is 1. The molecule has 1 N–H and O–H groups in total. The second-order valence-electron chi connectivity index (χ2n) is 4.78. The molecule has 19 heavy (non-hydrogen) atoms. The van der Waals surface area contributed by atoms with Gasteiger partial charge < -0.3 is 10.0 Å². The monoisotopic (exact) mass is 263 g/mol. The van der Waals surface area contributed by atoms with Gasteiger partial charge in [0.15, 0.2) is 5.78 Å². The SMILES string of the molecule is Cc1ccc(C)c(C(=O)CCC(=O)N(C)CCO)c1. The molecule has 4 nitrogen and oxygen atoms in total. The van der Waals surface area contributed by atoms with Gasteiger partial charge in [-0.05, 0) is 25.5 Å². The average Bonchev–Trinajstić information content (AvgIpc) is 2.38. The molecule has 1 rings (SSSR count). The highest BCUT2D eigenvalue weighted by Gasteiger charge is 2.13. The maximum absolute atomic E-state index is 12.1. The van der Waals surface area contributed by atoms with Gasteiger partial charge in [0, 0.05) is 32.0 Å². The van der Waals surface area contributed by atoms with Gasteiger partial charge in [0.2, 0.25) is 5.91 Å². The van der Waals surface area contributed by atoms with Crippen LogP contribution in [0.25, 0.3) is 0 Å². The molecule has 104 valence electrons. The van der Waals surface area contributed by atoms with Gasteiger partial charge >= 0.3 is 0 Å². The molecule has 0 aromatic heterocycles. The molecular formula is C15H21NO3. The number of rotatable bonds is 6. The molecule has 0 bridgehead atoms. The minimum Gasteiger partial charge on any atom is -0.395 e. The van der Waals surface area contributed by atoms with Crippen LogP contribution in [-0.2, 0) is 4.79 Å². The topological polar surface area (TPSA) is 57.6 Å². The van der Waals surface area contributed by atoms with Crippen molar-refractivity contribution in [3.63, 3.8) is 0 Å². The van der Waals surface area contributed by atoms with Crippen LogP contribution >= 0.6 is 0 Å². The lowest BCUT2D eigenvalue weighted by atomic mass is 9.99. The summed E-state index contributed by atoms with van der Waals surface area (Å²) in [7, 11) is 1.63. The first-order valence-corrected chi connectivity index (χ1v) is 6.41. The molecule has 0 aliphatic heterocycles. The van der Waals surface area contributed by atoms with E-state index in [0.29, 0.717) is 12.1 Å². The van der Waals surface area contributed by atoms with Gasteiger partial charge in [0.25, 0.3) is 0 Å². The van der Waals surface area contributed by atoms with Crippen LogP contribution in [0.4, 0.5) is 0 Å². The fraction of sp³-hybridized carbons (Fsp3) is 0.467. The minimum absolute atomic E-state index is 0.00746. The van der Waals surface area contributed by atoms with E-state index in [2.05, 4.69) is 0 Å². The van der Waals surface area contributed by atoms with Crippen LogP contribution in [0.5, 0.6) is 0 Å². The van der Waals surface area contributed by atoms with Crippen LogP contribution in [0.15, 0.2) is 18.2 Å². The zero-order chi connectivity index (χ0) is 14.4. The van der Waals surface area contributed by atoms with E-state index in [0.717, 1.165) is 11.1 Å². The normalized spacial score (nSPS) is 10.3. The molecular weight excluding hydrogens is 242 g/mol. The molecule has 0 radical (unpaired) electrons. The van der Waals surface area contributed by atoms with E-state index in [9.17, 15) is 9.59 Å². The van der Waals surface area contributed by atoms with Crippen molar-refractivity contribution in [2.24, 2.45) is 0 Å². The molecule has 0 aliphatic rings. The first kappa shape index (κ1) is 15.4. The first-order chi connectivity index (χ1) is 8.95. The van der Waals surface area contributed by atoms with E-state index in [4.69, 9.17) is 5.11 Å². The van der Waals surface area contributed by atoms with Gasteiger partial charge in [-0.25, -0.2) is 0 Å². The van der Waals surface area contributed by atoms with Crippen molar-refractivity contribution in [1.29, 1.82) is 0 Å². The zero-order valence-corrected chi connectivity index (χ0v) is 11.8. The molecule has 0 spiro atoms. The number of amides is 1. The summed E-state index contributed by atoms with van der Waals surface area (Å²) >= 11 is 0. The molecule has 1 aromatic rings. The van der Waals surface area contributed by atoms with Crippen molar-refractivity contribution in [3.05, 3.63) is 34.9 Å². The lowest BCUT2D eigenvalue weighted by Gasteiger charge is -2.15. The van der Waals surface area contributed by atoms with Crippen molar-refractivity contribution >= 4 is 11.7 Å². The Balaban J connectivity index is 2.61. The number of hydrogen-bond donors (Lipinski definition) is 1. The van der Waals surface area contributed by atoms with E-state index < -0.39 is 0 Å². The molecule has 1 aromatic carbocycles. The van der Waals surface area contributed by atoms with Gasteiger partial charge in [-0.2, -0.15) is 0 Å². The highest BCUT2D eigenvalue weighted by Crippen LogP contribution is 2.14. The summed E-state index contributed by atoms with van der Waals surface area (Å²) in [4.78, 5) is 25.2.